The molecule has 122 valence electrons. The monoisotopic (exact) mass is 315 g/mol. The summed E-state index contributed by atoms with van der Waals surface area (Å²) in [7, 11) is 0. The van der Waals surface area contributed by atoms with Crippen LogP contribution in [-0.4, -0.2) is 11.9 Å². The van der Waals surface area contributed by atoms with E-state index in [0.717, 1.165) is 17.5 Å². The molecule has 2 rings (SSSR count). The first-order chi connectivity index (χ1) is 11.0. The average molecular weight is 315 g/mol. The Kier molecular flexibility index (Phi) is 5.84. The van der Waals surface area contributed by atoms with Crippen LogP contribution in [0.25, 0.3) is 0 Å². The molecule has 0 radical (unpaired) electrons. The number of benzene rings is 2. The van der Waals surface area contributed by atoms with Gasteiger partial charge in [-0.2, -0.15) is 0 Å². The third kappa shape index (κ3) is 4.87. The Morgan fingerprint density at radius 2 is 1.78 bits per heavy atom. The lowest BCUT2D eigenvalue weighted by Crippen LogP contribution is -2.43. The zero-order valence-electron chi connectivity index (χ0n) is 13.1. The molecule has 0 aliphatic rings. The van der Waals surface area contributed by atoms with Crippen LogP contribution in [0, 0.1) is 5.82 Å². The molecule has 0 fully saturated rings. The second-order valence-electron chi connectivity index (χ2n) is 5.60. The lowest BCUT2D eigenvalue weighted by atomic mass is 10.0. The Morgan fingerprint density at radius 3 is 2.39 bits per heavy atom. The van der Waals surface area contributed by atoms with Gasteiger partial charge in [-0.25, -0.2) is 4.39 Å². The first kappa shape index (κ1) is 17.1. The van der Waals surface area contributed by atoms with Gasteiger partial charge in [-0.05, 0) is 42.5 Å². The van der Waals surface area contributed by atoms with Crippen molar-refractivity contribution in [1.82, 2.24) is 5.32 Å². The van der Waals surface area contributed by atoms with Crippen LogP contribution in [-0.2, 0) is 17.6 Å². The van der Waals surface area contributed by atoms with E-state index in [1.54, 1.807) is 19.1 Å². The second-order valence-corrected chi connectivity index (χ2v) is 5.60. The Balaban J connectivity index is 1.94. The van der Waals surface area contributed by atoms with Crippen LogP contribution in [0.4, 0.5) is 4.39 Å². The molecule has 2 unspecified atom stereocenters. The molecule has 0 saturated heterocycles. The van der Waals surface area contributed by atoms with Gasteiger partial charge in [0.1, 0.15) is 5.82 Å². The van der Waals surface area contributed by atoms with Gasteiger partial charge in [0, 0.05) is 0 Å². The standard InChI is InChI=1S/C18H22FN3O/c1-12(18(21)23)22-17(20)15-10-7-13(8-11-15)6-9-14-4-2-3-5-16(14)19/h2-5,7-8,10-12,17,22H,6,9,20H2,1H3,(H2,21,23). The van der Waals surface area contributed by atoms with E-state index in [1.165, 1.54) is 6.07 Å². The Bertz CT molecular complexity index is 658. The van der Waals surface area contributed by atoms with Crippen molar-refractivity contribution in [1.29, 1.82) is 0 Å². The van der Waals surface area contributed by atoms with Crippen molar-refractivity contribution in [3.8, 4) is 0 Å². The molecule has 0 heterocycles. The van der Waals surface area contributed by atoms with Gasteiger partial charge < -0.3 is 11.5 Å². The number of carbonyl (C=O) groups excluding carboxylic acids is 1. The molecular formula is C18H22FN3O. The summed E-state index contributed by atoms with van der Waals surface area (Å²) in [5.74, 6) is -0.613. The van der Waals surface area contributed by atoms with Crippen molar-refractivity contribution in [2.75, 3.05) is 0 Å². The van der Waals surface area contributed by atoms with E-state index >= 15 is 0 Å². The van der Waals surface area contributed by atoms with E-state index in [9.17, 15) is 9.18 Å². The highest BCUT2D eigenvalue weighted by Crippen LogP contribution is 2.14. The van der Waals surface area contributed by atoms with Gasteiger partial charge >= 0.3 is 0 Å². The normalized spacial score (nSPS) is 13.5. The number of aryl methyl sites for hydroxylation is 2. The van der Waals surface area contributed by atoms with Crippen molar-refractivity contribution in [3.05, 3.63) is 71.0 Å². The fraction of sp³-hybridized carbons (Fsp3) is 0.278. The average Bonchev–Trinajstić information content (AvgIpc) is 2.54. The summed E-state index contributed by atoms with van der Waals surface area (Å²) < 4.78 is 13.6. The number of hydrogen-bond donors (Lipinski definition) is 3. The van der Waals surface area contributed by atoms with Crippen LogP contribution >= 0.6 is 0 Å². The molecule has 5 N–H and O–H groups in total. The number of amides is 1. The molecule has 0 aromatic heterocycles. The number of carbonyl (C=O) groups is 1. The number of hydrogen-bond acceptors (Lipinski definition) is 3. The van der Waals surface area contributed by atoms with Gasteiger partial charge in [0.15, 0.2) is 0 Å². The zero-order valence-corrected chi connectivity index (χ0v) is 13.1. The zero-order chi connectivity index (χ0) is 16.8. The molecule has 0 aliphatic carbocycles. The molecule has 0 bridgehead atoms. The maximum atomic E-state index is 13.6. The SMILES string of the molecule is CC(NC(N)c1ccc(CCc2ccccc2F)cc1)C(N)=O. The predicted molar refractivity (Wildman–Crippen MR) is 89.0 cm³/mol. The number of rotatable bonds is 7. The summed E-state index contributed by atoms with van der Waals surface area (Å²) in [6, 6.07) is 14.0. The molecular weight excluding hydrogens is 293 g/mol. The van der Waals surface area contributed by atoms with Crippen molar-refractivity contribution >= 4 is 5.91 Å². The quantitative estimate of drug-likeness (QED) is 0.684. The molecule has 0 saturated carbocycles. The van der Waals surface area contributed by atoms with E-state index in [0.29, 0.717) is 12.0 Å². The Morgan fingerprint density at radius 1 is 1.13 bits per heavy atom. The van der Waals surface area contributed by atoms with Gasteiger partial charge in [-0.3, -0.25) is 10.1 Å². The highest BCUT2D eigenvalue weighted by Gasteiger charge is 2.13. The van der Waals surface area contributed by atoms with Crippen LogP contribution in [0.15, 0.2) is 48.5 Å². The van der Waals surface area contributed by atoms with Crippen LogP contribution in [0.2, 0.25) is 0 Å². The maximum absolute atomic E-state index is 13.6. The molecule has 1 amide bonds. The van der Waals surface area contributed by atoms with E-state index in [4.69, 9.17) is 11.5 Å². The van der Waals surface area contributed by atoms with Gasteiger partial charge in [-0.1, -0.05) is 42.5 Å². The first-order valence-corrected chi connectivity index (χ1v) is 7.60. The molecule has 2 aromatic rings. The van der Waals surface area contributed by atoms with E-state index in [1.807, 2.05) is 30.3 Å². The van der Waals surface area contributed by atoms with Gasteiger partial charge in [0.05, 0.1) is 12.2 Å². The van der Waals surface area contributed by atoms with E-state index in [2.05, 4.69) is 5.32 Å². The van der Waals surface area contributed by atoms with Crippen molar-refractivity contribution in [2.24, 2.45) is 11.5 Å². The minimum Gasteiger partial charge on any atom is -0.368 e. The summed E-state index contributed by atoms with van der Waals surface area (Å²) in [5, 5.41) is 2.93. The first-order valence-electron chi connectivity index (χ1n) is 7.60. The molecule has 5 heteroatoms. The van der Waals surface area contributed by atoms with E-state index < -0.39 is 18.1 Å². The van der Waals surface area contributed by atoms with Crippen molar-refractivity contribution in [2.45, 2.75) is 32.0 Å². The smallest absolute Gasteiger partial charge is 0.234 e. The molecule has 2 atom stereocenters. The van der Waals surface area contributed by atoms with Crippen LogP contribution < -0.4 is 16.8 Å². The summed E-state index contributed by atoms with van der Waals surface area (Å²) in [5.41, 5.74) is 13.9. The summed E-state index contributed by atoms with van der Waals surface area (Å²) in [6.07, 6.45) is 0.939. The second kappa shape index (κ2) is 7.85. The number of nitrogens with one attached hydrogen (secondary N) is 1. The van der Waals surface area contributed by atoms with Crippen LogP contribution in [0.3, 0.4) is 0 Å². The summed E-state index contributed by atoms with van der Waals surface area (Å²) >= 11 is 0. The maximum Gasteiger partial charge on any atom is 0.234 e. The molecule has 0 aliphatic heterocycles. The van der Waals surface area contributed by atoms with Gasteiger partial charge in [0.25, 0.3) is 0 Å². The number of halogens is 1. The fourth-order valence-electron chi connectivity index (χ4n) is 2.32. The van der Waals surface area contributed by atoms with Gasteiger partial charge in [0.2, 0.25) is 5.91 Å². The minimum absolute atomic E-state index is 0.171. The fourth-order valence-corrected chi connectivity index (χ4v) is 2.32. The lowest BCUT2D eigenvalue weighted by molar-refractivity contribution is -0.119. The molecule has 4 nitrogen and oxygen atoms in total. The molecule has 23 heavy (non-hydrogen) atoms. The minimum atomic E-state index is -0.495. The summed E-state index contributed by atoms with van der Waals surface area (Å²) in [4.78, 5) is 11.0. The van der Waals surface area contributed by atoms with Gasteiger partial charge in [-0.15, -0.1) is 0 Å². The Labute approximate surface area is 135 Å². The number of primary amides is 1. The highest BCUT2D eigenvalue weighted by atomic mass is 19.1. The predicted octanol–water partition coefficient (Wildman–Crippen LogP) is 2.03. The van der Waals surface area contributed by atoms with E-state index in [-0.39, 0.29) is 5.82 Å². The van der Waals surface area contributed by atoms with Crippen LogP contribution in [0.5, 0.6) is 0 Å². The largest absolute Gasteiger partial charge is 0.368 e. The van der Waals surface area contributed by atoms with Crippen LogP contribution in [0.1, 0.15) is 29.8 Å². The lowest BCUT2D eigenvalue weighted by Gasteiger charge is -2.18. The topological polar surface area (TPSA) is 81.1 Å². The number of nitrogens with two attached hydrogens (primary N) is 2. The highest BCUT2D eigenvalue weighted by molar-refractivity contribution is 5.79. The third-order valence-electron chi connectivity index (χ3n) is 3.84. The van der Waals surface area contributed by atoms with Crippen molar-refractivity contribution < 1.29 is 9.18 Å². The summed E-state index contributed by atoms with van der Waals surface area (Å²) in [6.45, 7) is 1.67. The molecule has 0 spiro atoms. The third-order valence-corrected chi connectivity index (χ3v) is 3.84. The Hall–Kier alpha value is -2.24. The van der Waals surface area contributed by atoms with Crippen molar-refractivity contribution in [3.63, 3.8) is 0 Å². The molecule has 2 aromatic carbocycles.